The minimum absolute atomic E-state index is 0. The molecule has 4 aromatic heterocycles. The van der Waals surface area contributed by atoms with Crippen molar-refractivity contribution in [1.29, 1.82) is 0 Å². The molecular formula is C80H79MoN4+3. The van der Waals surface area contributed by atoms with Crippen LogP contribution in [0.25, 0.3) is 89.5 Å². The molecule has 8 aromatic carbocycles. The molecule has 0 aliphatic rings. The first-order chi connectivity index (χ1) is 41.8. The van der Waals surface area contributed by atoms with Gasteiger partial charge in [0.15, 0.2) is 30.5 Å². The molecule has 12 aromatic rings. The number of nitrogens with zero attached hydrogens (tertiary/aromatic N) is 4. The fourth-order valence-electron chi connectivity index (χ4n) is 10.9. The molecule has 5 heteroatoms. The molecule has 4 heterocycles. The van der Waals surface area contributed by atoms with E-state index in [-0.39, 0.29) is 21.1 Å². The van der Waals surface area contributed by atoms with Crippen molar-refractivity contribution >= 4 is 0 Å². The number of hydrogen-bond donors (Lipinski definition) is 0. The van der Waals surface area contributed by atoms with Crippen LogP contribution in [0.5, 0.6) is 0 Å². The predicted molar refractivity (Wildman–Crippen MR) is 351 cm³/mol. The maximum absolute atomic E-state index is 7.97. The van der Waals surface area contributed by atoms with Gasteiger partial charge in [-0.3, -0.25) is 0 Å². The summed E-state index contributed by atoms with van der Waals surface area (Å²) in [5, 5.41) is 0. The van der Waals surface area contributed by atoms with Gasteiger partial charge >= 0.3 is 0 Å². The molecule has 12 rings (SSSR count). The van der Waals surface area contributed by atoms with Crippen LogP contribution < -0.4 is 18.3 Å². The normalized spacial score (nSPS) is 11.2. The molecule has 85 heavy (non-hydrogen) atoms. The zero-order valence-corrected chi connectivity index (χ0v) is 53.0. The quantitative estimate of drug-likeness (QED) is 0.0819. The standard InChI is InChI=1S/C21H22N.2C20H20N.C19H17N.Mo/c1-15-10-11-19(16(2)12-15)21-13-17(3)20(14-22(21)4)18-8-6-5-7-9-18;1-15-9-7-8-12-18(15)20-13-16(2)19(14-21(20)3)17-10-5-4-6-11-17;1-15-9-11-19(16(2)13-15)20-12-10-18(14-21(20)3)17-7-5-4-6-8-17;1-15-8-6-7-11-18(15)19-13-12-17(14-20(19)2)16-9-4-3-5-10-16;/h5-14H,1-4H3;2*4-14H,1-3H3;3-5,7-14H,1-2H3;/q3*+1;;/i;2D3;;;. The first kappa shape index (κ1) is 57.8. The molecule has 0 bridgehead atoms. The Morgan fingerprint density at radius 1 is 0.282 bits per heavy atom. The van der Waals surface area contributed by atoms with E-state index in [2.05, 4.69) is 253 Å². The van der Waals surface area contributed by atoms with Gasteiger partial charge < -0.3 is 0 Å². The molecule has 0 atom stereocenters. The molecule has 0 saturated heterocycles. The van der Waals surface area contributed by atoms with Crippen LogP contribution in [-0.4, -0.2) is 0 Å². The Morgan fingerprint density at radius 2 is 0.647 bits per heavy atom. The minimum Gasteiger partial charge on any atom is -0.202 e. The molecule has 0 spiro atoms. The maximum atomic E-state index is 7.97. The van der Waals surface area contributed by atoms with Crippen molar-refractivity contribution in [3.63, 3.8) is 0 Å². The van der Waals surface area contributed by atoms with Crippen LogP contribution in [-0.2, 0) is 49.3 Å². The Kier molecular flexibility index (Phi) is 19.8. The van der Waals surface area contributed by atoms with Crippen molar-refractivity contribution in [2.24, 2.45) is 28.2 Å². The molecule has 0 saturated carbocycles. The van der Waals surface area contributed by atoms with Gasteiger partial charge in [0.25, 0.3) is 0 Å². The van der Waals surface area contributed by atoms with Gasteiger partial charge in [-0.2, -0.15) is 24.3 Å². The summed E-state index contributed by atoms with van der Waals surface area (Å²) in [7, 11) is 8.29. The largest absolute Gasteiger partial charge is 0.212 e. The van der Waals surface area contributed by atoms with Gasteiger partial charge in [0.1, 0.15) is 28.2 Å². The van der Waals surface area contributed by atoms with Crippen molar-refractivity contribution in [2.75, 3.05) is 0 Å². The van der Waals surface area contributed by atoms with Gasteiger partial charge in [0.05, 0.1) is 0 Å². The van der Waals surface area contributed by atoms with Crippen LogP contribution in [0.4, 0.5) is 0 Å². The van der Waals surface area contributed by atoms with Crippen molar-refractivity contribution in [3.05, 3.63) is 312 Å². The van der Waals surface area contributed by atoms with Gasteiger partial charge in [-0.25, -0.2) is 18.3 Å². The molecule has 422 valence electrons. The Balaban J connectivity index is 0.000000152. The summed E-state index contributed by atoms with van der Waals surface area (Å²) in [6.45, 7) is 12.8. The zero-order valence-electron chi connectivity index (χ0n) is 54.0. The monoisotopic (exact) mass is 1200 g/mol. The molecule has 0 unspecified atom stereocenters. The van der Waals surface area contributed by atoms with Crippen LogP contribution in [0.3, 0.4) is 0 Å². The second-order valence-corrected chi connectivity index (χ2v) is 21.9. The van der Waals surface area contributed by atoms with E-state index in [1.165, 1.54) is 101 Å². The van der Waals surface area contributed by atoms with Crippen LogP contribution in [0.1, 0.15) is 48.6 Å². The number of hydrogen-bond acceptors (Lipinski definition) is 0. The van der Waals surface area contributed by atoms with E-state index in [4.69, 9.17) is 4.11 Å². The SMILES string of the molecule is Cc1c[c-]ccc1-c1ccc(-c2ccccc2)c[n+]1C.Cc1ccc(-c2cc(C)c(-c3ccccc3)c[n+]2C)c(C)c1.Cc1ccc(-c2ccc(-c3ccccc3)c[n+]2C)c(C)c1.[2H]C([2H])([2H])c1cc(-c2ccccc2C)[n+](C)cc1-c1ccccc1.[Mo]. The van der Waals surface area contributed by atoms with Crippen LogP contribution in [0.2, 0.25) is 0 Å². The first-order valence-corrected chi connectivity index (χ1v) is 28.8. The molecule has 0 N–H and O–H groups in total. The molecular weight excluding hydrogens is 1110 g/mol. The smallest absolute Gasteiger partial charge is 0.202 e. The Hall–Kier alpha value is -8.95. The predicted octanol–water partition coefficient (Wildman–Crippen LogP) is 17.6. The van der Waals surface area contributed by atoms with Gasteiger partial charge in [-0.1, -0.05) is 187 Å². The van der Waals surface area contributed by atoms with E-state index in [1.807, 2.05) is 104 Å². The van der Waals surface area contributed by atoms with Gasteiger partial charge in [0, 0.05) is 88.4 Å². The minimum atomic E-state index is -2.17. The third-order valence-corrected chi connectivity index (χ3v) is 15.5. The summed E-state index contributed by atoms with van der Waals surface area (Å²) in [6, 6.07) is 84.6. The van der Waals surface area contributed by atoms with Crippen LogP contribution in [0, 0.1) is 61.4 Å². The second kappa shape index (κ2) is 29.0. The average molecular weight is 1200 g/mol. The fourth-order valence-corrected chi connectivity index (χ4v) is 10.9. The van der Waals surface area contributed by atoms with Crippen molar-refractivity contribution in [2.45, 2.75) is 55.3 Å². The maximum Gasteiger partial charge on any atom is 0.212 e. The molecule has 4 nitrogen and oxygen atoms in total. The Bertz CT molecular complexity index is 4320. The summed E-state index contributed by atoms with van der Waals surface area (Å²) in [5.41, 5.74) is 28.0. The molecule has 0 radical (unpaired) electrons. The van der Waals surface area contributed by atoms with Crippen LogP contribution >= 0.6 is 0 Å². The number of aryl methyl sites for hydroxylation is 12. The Morgan fingerprint density at radius 3 is 1.07 bits per heavy atom. The van der Waals surface area contributed by atoms with Crippen molar-refractivity contribution in [3.8, 4) is 89.5 Å². The van der Waals surface area contributed by atoms with E-state index in [0.717, 1.165) is 27.9 Å². The number of rotatable bonds is 8. The van der Waals surface area contributed by atoms with E-state index in [1.54, 1.807) is 6.07 Å². The summed E-state index contributed by atoms with van der Waals surface area (Å²) < 4.78 is 32.5. The molecule has 0 aliphatic carbocycles. The first-order valence-electron chi connectivity index (χ1n) is 30.3. The third kappa shape index (κ3) is 15.4. The Labute approximate surface area is 525 Å². The third-order valence-electron chi connectivity index (χ3n) is 15.5. The van der Waals surface area contributed by atoms with Crippen LogP contribution in [0.15, 0.2) is 261 Å². The van der Waals surface area contributed by atoms with Gasteiger partial charge in [0.2, 0.25) is 17.1 Å². The summed E-state index contributed by atoms with van der Waals surface area (Å²) in [6.07, 6.45) is 8.53. The number of benzene rings is 8. The second-order valence-electron chi connectivity index (χ2n) is 21.9. The summed E-state index contributed by atoms with van der Waals surface area (Å²) >= 11 is 0. The fraction of sp³-hybridized carbons (Fsp3) is 0.150. The molecule has 0 fully saturated rings. The van der Waals surface area contributed by atoms with E-state index in [0.29, 0.717) is 5.56 Å². The average Bonchev–Trinajstić information content (AvgIpc) is 2.60. The van der Waals surface area contributed by atoms with Gasteiger partial charge in [-0.05, 0) is 129 Å². The van der Waals surface area contributed by atoms with E-state index >= 15 is 0 Å². The van der Waals surface area contributed by atoms with E-state index in [9.17, 15) is 0 Å². The topological polar surface area (TPSA) is 15.5 Å². The van der Waals surface area contributed by atoms with Gasteiger partial charge in [-0.15, -0.1) is 5.56 Å². The van der Waals surface area contributed by atoms with E-state index < -0.39 is 6.85 Å². The zero-order chi connectivity index (χ0) is 61.8. The molecule has 0 amide bonds. The molecule has 0 aliphatic heterocycles. The number of pyridine rings is 4. The van der Waals surface area contributed by atoms with Crippen molar-refractivity contribution < 1.29 is 43.4 Å². The summed E-state index contributed by atoms with van der Waals surface area (Å²) in [5.74, 6) is 0. The van der Waals surface area contributed by atoms with Crippen molar-refractivity contribution in [1.82, 2.24) is 0 Å². The summed E-state index contributed by atoms with van der Waals surface area (Å²) in [4.78, 5) is 0. The number of aromatic nitrogens is 4.